The topological polar surface area (TPSA) is 110 Å². The molecular weight excluding hydrogens is 378 g/mol. The number of hydrogen-bond acceptors (Lipinski definition) is 4. The Bertz CT molecular complexity index is 995. The Morgan fingerprint density at radius 3 is 2.32 bits per heavy atom. The van der Waals surface area contributed by atoms with Crippen molar-refractivity contribution in [2.45, 2.75) is 31.1 Å². The number of anilines is 1. The lowest BCUT2D eigenvalue weighted by Gasteiger charge is -2.19. The molecule has 2 amide bonds. The van der Waals surface area contributed by atoms with E-state index < -0.39 is 10.0 Å². The molecule has 3 N–H and O–H groups in total. The highest BCUT2D eigenvalue weighted by Gasteiger charge is 2.24. The van der Waals surface area contributed by atoms with E-state index in [-0.39, 0.29) is 23.1 Å². The van der Waals surface area contributed by atoms with E-state index in [1.165, 1.54) is 12.1 Å². The van der Waals surface area contributed by atoms with Gasteiger partial charge in [-0.05, 0) is 49.1 Å². The molecule has 2 aromatic rings. The van der Waals surface area contributed by atoms with Crippen molar-refractivity contribution in [3.63, 3.8) is 0 Å². The summed E-state index contributed by atoms with van der Waals surface area (Å²) >= 11 is 0. The molecule has 2 aromatic carbocycles. The Labute approximate surface area is 164 Å². The Morgan fingerprint density at radius 2 is 1.71 bits per heavy atom. The number of likely N-dealkylation sites (tertiary alicyclic amines) is 1. The van der Waals surface area contributed by atoms with E-state index in [0.29, 0.717) is 16.8 Å². The highest BCUT2D eigenvalue weighted by molar-refractivity contribution is 7.89. The Balaban J connectivity index is 1.75. The zero-order valence-electron chi connectivity index (χ0n) is 15.6. The van der Waals surface area contributed by atoms with Gasteiger partial charge < -0.3 is 10.2 Å². The van der Waals surface area contributed by atoms with Crippen LogP contribution in [0.5, 0.6) is 0 Å². The van der Waals surface area contributed by atoms with Crippen LogP contribution >= 0.6 is 0 Å². The molecule has 1 heterocycles. The minimum atomic E-state index is -3.77. The van der Waals surface area contributed by atoms with Crippen LogP contribution in [-0.4, -0.2) is 38.2 Å². The van der Waals surface area contributed by atoms with Gasteiger partial charge in [0.15, 0.2) is 0 Å². The molecule has 0 unspecified atom stereocenters. The normalized spacial score (nSPS) is 14.1. The molecule has 0 atom stereocenters. The largest absolute Gasteiger partial charge is 0.339 e. The van der Waals surface area contributed by atoms with Crippen LogP contribution in [0, 0.1) is 6.92 Å². The number of nitrogens with one attached hydrogen (secondary N) is 1. The number of rotatable bonds is 5. The van der Waals surface area contributed by atoms with E-state index in [1.54, 1.807) is 24.3 Å². The van der Waals surface area contributed by atoms with E-state index in [0.717, 1.165) is 31.5 Å². The molecule has 0 aliphatic carbocycles. The molecule has 0 bridgehead atoms. The number of primary sulfonamides is 1. The van der Waals surface area contributed by atoms with Crippen molar-refractivity contribution in [2.75, 3.05) is 18.4 Å². The second kappa shape index (κ2) is 8.12. The van der Waals surface area contributed by atoms with Gasteiger partial charge >= 0.3 is 0 Å². The summed E-state index contributed by atoms with van der Waals surface area (Å²) in [5.41, 5.74) is 2.46. The smallest absolute Gasteiger partial charge is 0.256 e. The Morgan fingerprint density at radius 1 is 1.07 bits per heavy atom. The first-order chi connectivity index (χ1) is 13.3. The first kappa shape index (κ1) is 20.0. The summed E-state index contributed by atoms with van der Waals surface area (Å²) in [5, 5.41) is 7.90. The third-order valence-electron chi connectivity index (χ3n) is 4.77. The van der Waals surface area contributed by atoms with Gasteiger partial charge in [0.2, 0.25) is 15.9 Å². The van der Waals surface area contributed by atoms with Crippen molar-refractivity contribution in [3.8, 4) is 0 Å². The lowest BCUT2D eigenvalue weighted by atomic mass is 10.0. The Hall–Kier alpha value is -2.71. The van der Waals surface area contributed by atoms with Crippen LogP contribution in [0.4, 0.5) is 5.69 Å². The average Bonchev–Trinajstić information content (AvgIpc) is 3.16. The first-order valence-electron chi connectivity index (χ1n) is 9.06. The van der Waals surface area contributed by atoms with E-state index in [1.807, 2.05) is 17.9 Å². The number of nitrogens with zero attached hydrogens (tertiary/aromatic N) is 1. The molecule has 1 fully saturated rings. The van der Waals surface area contributed by atoms with E-state index >= 15 is 0 Å². The van der Waals surface area contributed by atoms with Gasteiger partial charge in [-0.2, -0.15) is 0 Å². The molecule has 1 aliphatic heterocycles. The number of aryl methyl sites for hydroxylation is 1. The van der Waals surface area contributed by atoms with Gasteiger partial charge in [-0.3, -0.25) is 9.59 Å². The molecule has 0 aromatic heterocycles. The number of benzene rings is 2. The summed E-state index contributed by atoms with van der Waals surface area (Å²) in [6.07, 6.45) is 2.04. The first-order valence-corrected chi connectivity index (χ1v) is 10.6. The maximum absolute atomic E-state index is 12.9. The van der Waals surface area contributed by atoms with Gasteiger partial charge in [-0.1, -0.05) is 24.3 Å². The lowest BCUT2D eigenvalue weighted by molar-refractivity contribution is -0.115. The maximum atomic E-state index is 12.9. The standard InChI is InChI=1S/C20H23N3O4S/c1-14-5-4-6-17(19(14)20(25)23-11-2-3-12-23)22-18(24)13-15-7-9-16(10-8-15)28(21,26)27/h4-10H,2-3,11-13H2,1H3,(H,22,24)(H2,21,26,27). The van der Waals surface area contributed by atoms with Crippen molar-refractivity contribution >= 4 is 27.5 Å². The fourth-order valence-corrected chi connectivity index (χ4v) is 3.83. The van der Waals surface area contributed by atoms with Gasteiger partial charge in [-0.25, -0.2) is 13.6 Å². The maximum Gasteiger partial charge on any atom is 0.256 e. The molecule has 7 nitrogen and oxygen atoms in total. The highest BCUT2D eigenvalue weighted by Crippen LogP contribution is 2.24. The number of nitrogens with two attached hydrogens (primary N) is 1. The van der Waals surface area contributed by atoms with Crippen molar-refractivity contribution in [1.29, 1.82) is 0 Å². The number of hydrogen-bond donors (Lipinski definition) is 2. The van der Waals surface area contributed by atoms with Crippen molar-refractivity contribution in [2.24, 2.45) is 5.14 Å². The third-order valence-corrected chi connectivity index (χ3v) is 5.70. The van der Waals surface area contributed by atoms with Crippen LogP contribution in [-0.2, 0) is 21.2 Å². The molecule has 1 saturated heterocycles. The fraction of sp³-hybridized carbons (Fsp3) is 0.300. The summed E-state index contributed by atoms with van der Waals surface area (Å²) < 4.78 is 22.6. The predicted octanol–water partition coefficient (Wildman–Crippen LogP) is 2.06. The second-order valence-electron chi connectivity index (χ2n) is 6.91. The fourth-order valence-electron chi connectivity index (χ4n) is 3.31. The molecule has 148 valence electrons. The molecule has 3 rings (SSSR count). The Kier molecular flexibility index (Phi) is 5.81. The number of carbonyl (C=O) groups is 2. The van der Waals surface area contributed by atoms with Crippen LogP contribution < -0.4 is 10.5 Å². The predicted molar refractivity (Wildman–Crippen MR) is 106 cm³/mol. The van der Waals surface area contributed by atoms with Crippen LogP contribution in [0.25, 0.3) is 0 Å². The van der Waals surface area contributed by atoms with Crippen LogP contribution in [0.2, 0.25) is 0 Å². The van der Waals surface area contributed by atoms with Gasteiger partial charge in [0, 0.05) is 13.1 Å². The summed E-state index contributed by atoms with van der Waals surface area (Å²) in [5.74, 6) is -0.354. The molecular formula is C20H23N3O4S. The van der Waals surface area contributed by atoms with Crippen molar-refractivity contribution in [1.82, 2.24) is 4.90 Å². The third kappa shape index (κ3) is 4.58. The van der Waals surface area contributed by atoms with Gasteiger partial charge in [0.1, 0.15) is 0 Å². The highest BCUT2D eigenvalue weighted by atomic mass is 32.2. The number of carbonyl (C=O) groups excluding carboxylic acids is 2. The minimum Gasteiger partial charge on any atom is -0.339 e. The second-order valence-corrected chi connectivity index (χ2v) is 8.47. The van der Waals surface area contributed by atoms with Crippen molar-refractivity contribution < 1.29 is 18.0 Å². The van der Waals surface area contributed by atoms with Crippen molar-refractivity contribution in [3.05, 3.63) is 59.2 Å². The van der Waals surface area contributed by atoms with Gasteiger partial charge in [-0.15, -0.1) is 0 Å². The number of sulfonamides is 1. The monoisotopic (exact) mass is 401 g/mol. The SMILES string of the molecule is Cc1cccc(NC(=O)Cc2ccc(S(N)(=O)=O)cc2)c1C(=O)N1CCCC1. The zero-order valence-corrected chi connectivity index (χ0v) is 16.5. The van der Waals surface area contributed by atoms with E-state index in [9.17, 15) is 18.0 Å². The zero-order chi connectivity index (χ0) is 20.3. The summed E-state index contributed by atoms with van der Waals surface area (Å²) in [7, 11) is -3.77. The van der Waals surface area contributed by atoms with Crippen LogP contribution in [0.15, 0.2) is 47.4 Å². The quantitative estimate of drug-likeness (QED) is 0.799. The van der Waals surface area contributed by atoms with Crippen LogP contribution in [0.1, 0.15) is 34.3 Å². The van der Waals surface area contributed by atoms with Crippen LogP contribution in [0.3, 0.4) is 0 Å². The van der Waals surface area contributed by atoms with E-state index in [4.69, 9.17) is 5.14 Å². The van der Waals surface area contributed by atoms with Gasteiger partial charge in [0.05, 0.1) is 22.6 Å². The summed E-state index contributed by atoms with van der Waals surface area (Å²) in [6.45, 7) is 3.32. The molecule has 28 heavy (non-hydrogen) atoms. The molecule has 0 spiro atoms. The molecule has 1 aliphatic rings. The van der Waals surface area contributed by atoms with Gasteiger partial charge in [0.25, 0.3) is 5.91 Å². The summed E-state index contributed by atoms with van der Waals surface area (Å²) in [6, 6.07) is 11.2. The average molecular weight is 401 g/mol. The minimum absolute atomic E-state index is 0.00571. The molecule has 0 radical (unpaired) electrons. The summed E-state index contributed by atoms with van der Waals surface area (Å²) in [4.78, 5) is 27.2. The molecule has 8 heteroatoms. The number of amides is 2. The van der Waals surface area contributed by atoms with E-state index in [2.05, 4.69) is 5.32 Å². The molecule has 0 saturated carbocycles. The lowest BCUT2D eigenvalue weighted by Crippen LogP contribution is -2.29.